The average molecular weight is 244 g/mol. The van der Waals surface area contributed by atoms with Crippen molar-refractivity contribution in [2.75, 3.05) is 12.4 Å². The monoisotopic (exact) mass is 244 g/mol. The van der Waals surface area contributed by atoms with Gasteiger partial charge >= 0.3 is 0 Å². The molecule has 2 aromatic rings. The first-order valence-corrected chi connectivity index (χ1v) is 6.39. The SMILES string of the molecule is CNc1ccc(Sc2ccc(C)nc2)c(C)c1. The fraction of sp³-hybridized carbons (Fsp3) is 0.214. The molecule has 0 fully saturated rings. The van der Waals surface area contributed by atoms with Gasteiger partial charge in [-0.15, -0.1) is 0 Å². The summed E-state index contributed by atoms with van der Waals surface area (Å²) in [4.78, 5) is 6.76. The van der Waals surface area contributed by atoms with Crippen molar-refractivity contribution in [2.45, 2.75) is 23.6 Å². The van der Waals surface area contributed by atoms with Crippen LogP contribution in [0.4, 0.5) is 5.69 Å². The molecule has 0 aliphatic rings. The van der Waals surface area contributed by atoms with Gasteiger partial charge in [-0.2, -0.15) is 0 Å². The molecule has 0 unspecified atom stereocenters. The van der Waals surface area contributed by atoms with Gasteiger partial charge in [0, 0.05) is 34.4 Å². The number of pyridine rings is 1. The van der Waals surface area contributed by atoms with E-state index in [1.165, 1.54) is 15.4 Å². The number of hydrogen-bond donors (Lipinski definition) is 1. The smallest absolute Gasteiger partial charge is 0.0410 e. The fourth-order valence-electron chi connectivity index (χ4n) is 1.56. The van der Waals surface area contributed by atoms with Crippen LogP contribution in [0.3, 0.4) is 0 Å². The molecule has 0 bridgehead atoms. The van der Waals surface area contributed by atoms with Crippen LogP contribution in [0.5, 0.6) is 0 Å². The minimum absolute atomic E-state index is 1.05. The first-order chi connectivity index (χ1) is 8.19. The molecule has 0 aliphatic carbocycles. The summed E-state index contributed by atoms with van der Waals surface area (Å²) >= 11 is 1.75. The molecule has 1 aromatic heterocycles. The Hall–Kier alpha value is -1.48. The first kappa shape index (κ1) is 12.0. The molecule has 0 amide bonds. The lowest BCUT2D eigenvalue weighted by molar-refractivity contribution is 1.14. The van der Waals surface area contributed by atoms with E-state index in [4.69, 9.17) is 0 Å². The highest BCUT2D eigenvalue weighted by molar-refractivity contribution is 7.99. The van der Waals surface area contributed by atoms with Crippen molar-refractivity contribution in [3.8, 4) is 0 Å². The molecule has 1 aromatic carbocycles. The van der Waals surface area contributed by atoms with E-state index in [1.54, 1.807) is 11.8 Å². The summed E-state index contributed by atoms with van der Waals surface area (Å²) in [7, 11) is 1.94. The Morgan fingerprint density at radius 2 is 1.94 bits per heavy atom. The van der Waals surface area contributed by atoms with Gasteiger partial charge in [-0.05, 0) is 49.7 Å². The van der Waals surface area contributed by atoms with Crippen molar-refractivity contribution in [1.29, 1.82) is 0 Å². The predicted octanol–water partition coefficient (Wildman–Crippen LogP) is 3.89. The van der Waals surface area contributed by atoms with Gasteiger partial charge < -0.3 is 5.32 Å². The van der Waals surface area contributed by atoms with Crippen LogP contribution in [0.15, 0.2) is 46.3 Å². The molecular weight excluding hydrogens is 228 g/mol. The maximum absolute atomic E-state index is 4.31. The third kappa shape index (κ3) is 3.01. The molecule has 0 radical (unpaired) electrons. The maximum atomic E-state index is 4.31. The van der Waals surface area contributed by atoms with Crippen molar-refractivity contribution in [2.24, 2.45) is 0 Å². The normalized spacial score (nSPS) is 10.3. The summed E-state index contributed by atoms with van der Waals surface area (Å²) in [6.45, 7) is 4.13. The van der Waals surface area contributed by atoms with E-state index in [9.17, 15) is 0 Å². The second-order valence-electron chi connectivity index (χ2n) is 3.97. The largest absolute Gasteiger partial charge is 0.388 e. The van der Waals surface area contributed by atoms with E-state index in [0.29, 0.717) is 0 Å². The highest BCUT2D eigenvalue weighted by atomic mass is 32.2. The van der Waals surface area contributed by atoms with Crippen LogP contribution in [0.1, 0.15) is 11.3 Å². The Labute approximate surface area is 106 Å². The molecule has 88 valence electrons. The van der Waals surface area contributed by atoms with Crippen molar-refractivity contribution < 1.29 is 0 Å². The lowest BCUT2D eigenvalue weighted by atomic mass is 10.2. The zero-order valence-electron chi connectivity index (χ0n) is 10.3. The van der Waals surface area contributed by atoms with Gasteiger partial charge in [-0.1, -0.05) is 11.8 Å². The van der Waals surface area contributed by atoms with Crippen molar-refractivity contribution >= 4 is 17.4 Å². The maximum Gasteiger partial charge on any atom is 0.0410 e. The zero-order chi connectivity index (χ0) is 12.3. The van der Waals surface area contributed by atoms with Gasteiger partial charge in [0.15, 0.2) is 0 Å². The lowest BCUT2D eigenvalue weighted by Crippen LogP contribution is -1.89. The molecular formula is C14H16N2S. The second kappa shape index (κ2) is 5.23. The molecule has 1 heterocycles. The number of aromatic nitrogens is 1. The Morgan fingerprint density at radius 3 is 2.53 bits per heavy atom. The molecule has 17 heavy (non-hydrogen) atoms. The highest BCUT2D eigenvalue weighted by Gasteiger charge is 2.02. The summed E-state index contributed by atoms with van der Waals surface area (Å²) in [6.07, 6.45) is 1.92. The second-order valence-corrected chi connectivity index (χ2v) is 5.08. The van der Waals surface area contributed by atoms with Crippen LogP contribution in [0.2, 0.25) is 0 Å². The van der Waals surface area contributed by atoms with Gasteiger partial charge in [-0.3, -0.25) is 4.98 Å². The molecule has 2 nitrogen and oxygen atoms in total. The van der Waals surface area contributed by atoms with Crippen molar-refractivity contribution in [3.05, 3.63) is 47.8 Å². The van der Waals surface area contributed by atoms with Crippen LogP contribution in [0.25, 0.3) is 0 Å². The third-order valence-electron chi connectivity index (χ3n) is 2.58. The van der Waals surface area contributed by atoms with Gasteiger partial charge in [0.25, 0.3) is 0 Å². The standard InChI is InChI=1S/C14H16N2S/c1-10-8-12(15-3)5-7-14(10)17-13-6-4-11(2)16-9-13/h4-9,15H,1-3H3. The molecule has 3 heteroatoms. The highest BCUT2D eigenvalue weighted by Crippen LogP contribution is 2.31. The van der Waals surface area contributed by atoms with Crippen LogP contribution in [-0.2, 0) is 0 Å². The lowest BCUT2D eigenvalue weighted by Gasteiger charge is -2.08. The van der Waals surface area contributed by atoms with E-state index >= 15 is 0 Å². The Bertz CT molecular complexity index is 506. The zero-order valence-corrected chi connectivity index (χ0v) is 11.1. The number of nitrogens with one attached hydrogen (secondary N) is 1. The molecule has 1 N–H and O–H groups in total. The molecule has 0 saturated carbocycles. The summed E-state index contributed by atoms with van der Waals surface area (Å²) < 4.78 is 0. The molecule has 0 atom stereocenters. The third-order valence-corrected chi connectivity index (χ3v) is 3.73. The van der Waals surface area contributed by atoms with E-state index in [-0.39, 0.29) is 0 Å². The Morgan fingerprint density at radius 1 is 1.12 bits per heavy atom. The number of rotatable bonds is 3. The van der Waals surface area contributed by atoms with Gasteiger partial charge in [0.05, 0.1) is 0 Å². The predicted molar refractivity (Wildman–Crippen MR) is 73.8 cm³/mol. The number of hydrogen-bond acceptors (Lipinski definition) is 3. The summed E-state index contributed by atoms with van der Waals surface area (Å²) in [5.41, 5.74) is 3.48. The Balaban J connectivity index is 2.21. The molecule has 0 aliphatic heterocycles. The summed E-state index contributed by atoms with van der Waals surface area (Å²) in [5.74, 6) is 0. The number of nitrogens with zero attached hydrogens (tertiary/aromatic N) is 1. The minimum Gasteiger partial charge on any atom is -0.388 e. The van der Waals surface area contributed by atoms with E-state index in [2.05, 4.69) is 41.5 Å². The number of anilines is 1. The minimum atomic E-state index is 1.05. The van der Waals surface area contributed by atoms with E-state index in [0.717, 1.165) is 11.4 Å². The van der Waals surface area contributed by atoms with Crippen LogP contribution in [0, 0.1) is 13.8 Å². The van der Waals surface area contributed by atoms with Crippen molar-refractivity contribution in [3.63, 3.8) is 0 Å². The summed E-state index contributed by atoms with van der Waals surface area (Å²) in [5, 5.41) is 3.14. The topological polar surface area (TPSA) is 24.9 Å². The average Bonchev–Trinajstić information content (AvgIpc) is 2.34. The molecule has 0 spiro atoms. The first-order valence-electron chi connectivity index (χ1n) is 5.58. The number of aryl methyl sites for hydroxylation is 2. The van der Waals surface area contributed by atoms with Crippen LogP contribution in [-0.4, -0.2) is 12.0 Å². The van der Waals surface area contributed by atoms with Gasteiger partial charge in [0.2, 0.25) is 0 Å². The molecule has 0 saturated heterocycles. The van der Waals surface area contributed by atoms with E-state index in [1.807, 2.05) is 26.2 Å². The fourth-order valence-corrected chi connectivity index (χ4v) is 2.41. The van der Waals surface area contributed by atoms with Gasteiger partial charge in [-0.25, -0.2) is 0 Å². The Kier molecular flexibility index (Phi) is 3.69. The molecule has 2 rings (SSSR count). The number of benzene rings is 1. The van der Waals surface area contributed by atoms with Crippen LogP contribution < -0.4 is 5.32 Å². The van der Waals surface area contributed by atoms with Crippen molar-refractivity contribution in [1.82, 2.24) is 4.98 Å². The van der Waals surface area contributed by atoms with Gasteiger partial charge in [0.1, 0.15) is 0 Å². The van der Waals surface area contributed by atoms with E-state index < -0.39 is 0 Å². The quantitative estimate of drug-likeness (QED) is 0.886. The van der Waals surface area contributed by atoms with Crippen LogP contribution >= 0.6 is 11.8 Å². The summed E-state index contributed by atoms with van der Waals surface area (Å²) in [6, 6.07) is 10.5.